The van der Waals surface area contributed by atoms with Crippen LogP contribution in [0.2, 0.25) is 0 Å². The van der Waals surface area contributed by atoms with Crippen LogP contribution < -0.4 is 4.74 Å². The molecule has 1 aromatic rings. The van der Waals surface area contributed by atoms with Crippen LogP contribution in [0.4, 0.5) is 0 Å². The molecule has 1 rings (SSSR count). The van der Waals surface area contributed by atoms with Crippen LogP contribution in [0.3, 0.4) is 0 Å². The second kappa shape index (κ2) is 8.76. The van der Waals surface area contributed by atoms with Gasteiger partial charge in [0, 0.05) is 17.6 Å². The van der Waals surface area contributed by atoms with Gasteiger partial charge in [0.25, 0.3) is 0 Å². The summed E-state index contributed by atoms with van der Waals surface area (Å²) in [5, 5.41) is 0. The fourth-order valence-corrected chi connectivity index (χ4v) is 2.17. The predicted molar refractivity (Wildman–Crippen MR) is 82.8 cm³/mol. The Balaban J connectivity index is 2.78. The van der Waals surface area contributed by atoms with E-state index in [1.54, 1.807) is 20.1 Å². The normalized spacial score (nSPS) is 10.4. The molecule has 0 saturated carbocycles. The minimum atomic E-state index is -0.228. The highest BCUT2D eigenvalue weighted by molar-refractivity contribution is 9.10. The highest BCUT2D eigenvalue weighted by Gasteiger charge is 2.13. The number of nitrogens with zero attached hydrogens (tertiary/aromatic N) is 1. The van der Waals surface area contributed by atoms with Gasteiger partial charge in [-0.3, -0.25) is 9.69 Å². The van der Waals surface area contributed by atoms with Crippen molar-refractivity contribution in [2.45, 2.75) is 13.5 Å². The lowest BCUT2D eigenvalue weighted by molar-refractivity contribution is -0.144. The predicted octanol–water partition coefficient (Wildman–Crippen LogP) is 3.01. The average Bonchev–Trinajstić information content (AvgIpc) is 2.41. The molecule has 0 aromatic heterocycles. The van der Waals surface area contributed by atoms with Crippen molar-refractivity contribution in [3.8, 4) is 5.75 Å². The first-order valence-corrected chi connectivity index (χ1v) is 7.21. The lowest BCUT2D eigenvalue weighted by Crippen LogP contribution is -2.31. The SMILES string of the molecule is C=CCN(CC(=O)OCC)Cc1cc(OC)ccc1Br. The Morgan fingerprint density at radius 2 is 2.25 bits per heavy atom. The van der Waals surface area contributed by atoms with E-state index in [1.807, 2.05) is 23.1 Å². The first-order chi connectivity index (χ1) is 9.60. The number of rotatable bonds is 8. The Morgan fingerprint density at radius 3 is 2.85 bits per heavy atom. The molecule has 0 unspecified atom stereocenters. The molecule has 0 heterocycles. The summed E-state index contributed by atoms with van der Waals surface area (Å²) in [5.41, 5.74) is 1.05. The number of benzene rings is 1. The first kappa shape index (κ1) is 16.7. The fraction of sp³-hybridized carbons (Fsp3) is 0.400. The van der Waals surface area contributed by atoms with Gasteiger partial charge >= 0.3 is 5.97 Å². The molecular formula is C15H20BrNO3. The van der Waals surface area contributed by atoms with Crippen molar-refractivity contribution in [2.75, 3.05) is 26.8 Å². The number of hydrogen-bond donors (Lipinski definition) is 0. The standard InChI is InChI=1S/C15H20BrNO3/c1-4-8-17(11-15(18)20-5-2)10-12-9-13(19-3)6-7-14(12)16/h4,6-7,9H,1,5,8,10-11H2,2-3H3. The lowest BCUT2D eigenvalue weighted by atomic mass is 10.2. The zero-order valence-corrected chi connectivity index (χ0v) is 13.5. The van der Waals surface area contributed by atoms with Gasteiger partial charge in [-0.05, 0) is 30.7 Å². The molecule has 1 aromatic carbocycles. The smallest absolute Gasteiger partial charge is 0.320 e. The monoisotopic (exact) mass is 341 g/mol. The van der Waals surface area contributed by atoms with Crippen LogP contribution in [0, 0.1) is 0 Å². The summed E-state index contributed by atoms with van der Waals surface area (Å²) in [6.07, 6.45) is 1.77. The Morgan fingerprint density at radius 1 is 1.50 bits per heavy atom. The molecule has 4 nitrogen and oxygen atoms in total. The molecule has 110 valence electrons. The third-order valence-electron chi connectivity index (χ3n) is 2.69. The van der Waals surface area contributed by atoms with E-state index in [0.29, 0.717) is 19.7 Å². The van der Waals surface area contributed by atoms with E-state index < -0.39 is 0 Å². The molecule has 20 heavy (non-hydrogen) atoms. The molecular weight excluding hydrogens is 322 g/mol. The minimum Gasteiger partial charge on any atom is -0.497 e. The molecule has 0 aliphatic rings. The molecule has 0 amide bonds. The Kier molecular flexibility index (Phi) is 7.33. The Hall–Kier alpha value is -1.33. The van der Waals surface area contributed by atoms with Crippen LogP contribution in [-0.2, 0) is 16.1 Å². The summed E-state index contributed by atoms with van der Waals surface area (Å²) in [6.45, 7) is 7.38. The van der Waals surface area contributed by atoms with Crippen molar-refractivity contribution in [3.63, 3.8) is 0 Å². The Bertz CT molecular complexity index is 462. The highest BCUT2D eigenvalue weighted by atomic mass is 79.9. The van der Waals surface area contributed by atoms with Crippen LogP contribution in [0.15, 0.2) is 35.3 Å². The summed E-state index contributed by atoms with van der Waals surface area (Å²) >= 11 is 3.51. The first-order valence-electron chi connectivity index (χ1n) is 6.42. The van der Waals surface area contributed by atoms with E-state index in [-0.39, 0.29) is 12.5 Å². The van der Waals surface area contributed by atoms with Crippen LogP contribution in [0.25, 0.3) is 0 Å². The Labute approximate surface area is 128 Å². The average molecular weight is 342 g/mol. The highest BCUT2D eigenvalue weighted by Crippen LogP contribution is 2.23. The summed E-state index contributed by atoms with van der Waals surface area (Å²) in [5.74, 6) is 0.561. The molecule has 0 atom stereocenters. The van der Waals surface area contributed by atoms with Crippen molar-refractivity contribution in [1.82, 2.24) is 4.90 Å². The zero-order valence-electron chi connectivity index (χ0n) is 11.9. The lowest BCUT2D eigenvalue weighted by Gasteiger charge is -2.20. The van der Waals surface area contributed by atoms with Gasteiger partial charge in [-0.2, -0.15) is 0 Å². The van der Waals surface area contributed by atoms with Crippen LogP contribution in [0.1, 0.15) is 12.5 Å². The second-order valence-corrected chi connectivity index (χ2v) is 5.07. The van der Waals surface area contributed by atoms with E-state index in [2.05, 4.69) is 22.5 Å². The maximum atomic E-state index is 11.6. The van der Waals surface area contributed by atoms with E-state index in [4.69, 9.17) is 9.47 Å². The van der Waals surface area contributed by atoms with Crippen molar-refractivity contribution in [2.24, 2.45) is 0 Å². The quantitative estimate of drug-likeness (QED) is 0.538. The van der Waals surface area contributed by atoms with Crippen molar-refractivity contribution in [1.29, 1.82) is 0 Å². The van der Waals surface area contributed by atoms with Gasteiger partial charge < -0.3 is 9.47 Å². The molecule has 0 N–H and O–H groups in total. The maximum Gasteiger partial charge on any atom is 0.320 e. The number of carbonyl (C=O) groups excluding carboxylic acids is 1. The molecule has 0 bridgehead atoms. The number of ether oxygens (including phenoxy) is 2. The molecule has 0 saturated heterocycles. The second-order valence-electron chi connectivity index (χ2n) is 4.22. The fourth-order valence-electron chi connectivity index (χ4n) is 1.80. The number of hydrogen-bond acceptors (Lipinski definition) is 4. The summed E-state index contributed by atoms with van der Waals surface area (Å²) in [6, 6.07) is 5.77. The summed E-state index contributed by atoms with van der Waals surface area (Å²) in [7, 11) is 1.63. The molecule has 5 heteroatoms. The summed E-state index contributed by atoms with van der Waals surface area (Å²) < 4.78 is 11.2. The van der Waals surface area contributed by atoms with Gasteiger partial charge in [0.1, 0.15) is 5.75 Å². The van der Waals surface area contributed by atoms with Crippen molar-refractivity contribution >= 4 is 21.9 Å². The van der Waals surface area contributed by atoms with Crippen molar-refractivity contribution < 1.29 is 14.3 Å². The van der Waals surface area contributed by atoms with Crippen LogP contribution >= 0.6 is 15.9 Å². The molecule has 0 aliphatic carbocycles. The van der Waals surface area contributed by atoms with Gasteiger partial charge in [-0.1, -0.05) is 22.0 Å². The zero-order chi connectivity index (χ0) is 15.0. The van der Waals surface area contributed by atoms with Crippen LogP contribution in [0.5, 0.6) is 5.75 Å². The topological polar surface area (TPSA) is 38.8 Å². The van der Waals surface area contributed by atoms with Gasteiger partial charge in [0.2, 0.25) is 0 Å². The van der Waals surface area contributed by atoms with Gasteiger partial charge in [-0.25, -0.2) is 0 Å². The van der Waals surface area contributed by atoms with E-state index in [1.165, 1.54) is 0 Å². The number of esters is 1. The number of halogens is 1. The number of methoxy groups -OCH3 is 1. The van der Waals surface area contributed by atoms with Gasteiger partial charge in [-0.15, -0.1) is 6.58 Å². The molecule has 0 radical (unpaired) electrons. The molecule has 0 aliphatic heterocycles. The summed E-state index contributed by atoms with van der Waals surface area (Å²) in [4.78, 5) is 13.6. The van der Waals surface area contributed by atoms with E-state index in [0.717, 1.165) is 15.8 Å². The maximum absolute atomic E-state index is 11.6. The molecule has 0 spiro atoms. The van der Waals surface area contributed by atoms with E-state index in [9.17, 15) is 4.79 Å². The van der Waals surface area contributed by atoms with Gasteiger partial charge in [0.15, 0.2) is 0 Å². The minimum absolute atomic E-state index is 0.228. The van der Waals surface area contributed by atoms with Crippen LogP contribution in [-0.4, -0.2) is 37.7 Å². The number of carbonyl (C=O) groups is 1. The van der Waals surface area contributed by atoms with Gasteiger partial charge in [0.05, 0.1) is 20.3 Å². The third-order valence-corrected chi connectivity index (χ3v) is 3.47. The van der Waals surface area contributed by atoms with Crippen molar-refractivity contribution in [3.05, 3.63) is 40.9 Å². The van der Waals surface area contributed by atoms with E-state index >= 15 is 0 Å². The largest absolute Gasteiger partial charge is 0.497 e. The third kappa shape index (κ3) is 5.35. The molecule has 0 fully saturated rings.